The summed E-state index contributed by atoms with van der Waals surface area (Å²) in [6.07, 6.45) is 1.52. The molecule has 0 aromatic heterocycles. The Balaban J connectivity index is 1.61. The van der Waals surface area contributed by atoms with Gasteiger partial charge in [0.15, 0.2) is 0 Å². The van der Waals surface area contributed by atoms with Gasteiger partial charge in [0.2, 0.25) is 0 Å². The molecule has 2 amide bonds. The Bertz CT molecular complexity index is 1310. The summed E-state index contributed by atoms with van der Waals surface area (Å²) in [5.41, 5.74) is 5.05. The van der Waals surface area contributed by atoms with Crippen molar-refractivity contribution in [2.45, 2.75) is 26.5 Å². The second-order valence-electron chi connectivity index (χ2n) is 8.35. The van der Waals surface area contributed by atoms with E-state index in [2.05, 4.69) is 67.1 Å². The van der Waals surface area contributed by atoms with Crippen LogP contribution in [0.5, 0.6) is 5.75 Å². The fourth-order valence-corrected chi connectivity index (χ4v) is 5.35. The highest BCUT2D eigenvalue weighted by molar-refractivity contribution is 14.1. The van der Waals surface area contributed by atoms with Gasteiger partial charge in [-0.1, -0.05) is 26.0 Å². The van der Waals surface area contributed by atoms with Crippen molar-refractivity contribution >= 4 is 63.2 Å². The first-order chi connectivity index (χ1) is 17.7. The maximum atomic E-state index is 13.1. The quantitative estimate of drug-likeness (QED) is 0.176. The van der Waals surface area contributed by atoms with E-state index in [1.54, 1.807) is 26.0 Å². The first kappa shape index (κ1) is 28.5. The number of benzene rings is 3. The molecule has 0 fully saturated rings. The van der Waals surface area contributed by atoms with E-state index in [1.165, 1.54) is 30.5 Å². The van der Waals surface area contributed by atoms with Crippen LogP contribution >= 0.6 is 45.2 Å². The SMILES string of the molecule is CC(C)C(NC(=O)c1ccc(F)cc1)C(=O)NN=Cc1cc(I)c(OCc2ccc(C#N)cc2)c(I)c1. The van der Waals surface area contributed by atoms with Crippen molar-refractivity contribution in [1.82, 2.24) is 10.7 Å². The zero-order valence-corrected chi connectivity index (χ0v) is 24.3. The molecule has 0 bridgehead atoms. The number of nitrogens with zero attached hydrogens (tertiary/aromatic N) is 2. The highest BCUT2D eigenvalue weighted by Gasteiger charge is 2.24. The van der Waals surface area contributed by atoms with Crippen molar-refractivity contribution < 1.29 is 18.7 Å². The van der Waals surface area contributed by atoms with Gasteiger partial charge in [0.25, 0.3) is 11.8 Å². The number of hydrogen-bond donors (Lipinski definition) is 2. The molecule has 0 radical (unpaired) electrons. The van der Waals surface area contributed by atoms with Crippen LogP contribution in [0.25, 0.3) is 0 Å². The first-order valence-electron chi connectivity index (χ1n) is 11.2. The standard InChI is InChI=1S/C27H23FI2N4O3/c1-16(2)24(33-26(35)20-7-9-21(28)10-8-20)27(36)34-32-14-19-11-22(29)25(23(30)12-19)37-15-18-5-3-17(13-31)4-6-18/h3-12,14,16,24H,15H2,1-2H3,(H,33,35)(H,34,36). The summed E-state index contributed by atoms with van der Waals surface area (Å²) >= 11 is 4.36. The number of rotatable bonds is 9. The van der Waals surface area contributed by atoms with Gasteiger partial charge in [-0.3, -0.25) is 9.59 Å². The van der Waals surface area contributed by atoms with E-state index in [0.717, 1.165) is 24.0 Å². The number of halogens is 3. The number of nitrogens with one attached hydrogen (secondary N) is 2. The number of hydrazone groups is 1. The normalized spacial score (nSPS) is 11.7. The second kappa shape index (κ2) is 13.5. The van der Waals surface area contributed by atoms with E-state index in [1.807, 2.05) is 24.3 Å². The van der Waals surface area contributed by atoms with E-state index >= 15 is 0 Å². The Morgan fingerprint density at radius 2 is 1.70 bits per heavy atom. The van der Waals surface area contributed by atoms with Crippen LogP contribution in [-0.2, 0) is 11.4 Å². The lowest BCUT2D eigenvalue weighted by molar-refractivity contribution is -0.123. The van der Waals surface area contributed by atoms with Crippen LogP contribution < -0.4 is 15.5 Å². The van der Waals surface area contributed by atoms with E-state index in [4.69, 9.17) is 10.00 Å². The lowest BCUT2D eigenvalue weighted by atomic mass is 10.0. The molecule has 3 aromatic carbocycles. The topological polar surface area (TPSA) is 104 Å². The summed E-state index contributed by atoms with van der Waals surface area (Å²) < 4.78 is 20.9. The number of nitriles is 1. The smallest absolute Gasteiger partial charge is 0.262 e. The molecular formula is C27H23FI2N4O3. The van der Waals surface area contributed by atoms with Gasteiger partial charge in [-0.2, -0.15) is 10.4 Å². The van der Waals surface area contributed by atoms with Crippen LogP contribution in [0, 0.1) is 30.2 Å². The Hall–Kier alpha value is -3.05. The van der Waals surface area contributed by atoms with Crippen molar-refractivity contribution in [2.24, 2.45) is 11.0 Å². The minimum Gasteiger partial charge on any atom is -0.487 e. The lowest BCUT2D eigenvalue weighted by Crippen LogP contribution is -2.48. The predicted molar refractivity (Wildman–Crippen MR) is 156 cm³/mol. The third-order valence-corrected chi connectivity index (χ3v) is 6.82. The van der Waals surface area contributed by atoms with Gasteiger partial charge in [0, 0.05) is 5.56 Å². The second-order valence-corrected chi connectivity index (χ2v) is 10.7. The number of carbonyl (C=O) groups excluding carboxylic acids is 2. The van der Waals surface area contributed by atoms with Gasteiger partial charge >= 0.3 is 0 Å². The number of hydrogen-bond acceptors (Lipinski definition) is 5. The molecule has 2 N–H and O–H groups in total. The number of ether oxygens (including phenoxy) is 1. The van der Waals surface area contributed by atoms with Gasteiger partial charge in [-0.15, -0.1) is 0 Å². The molecule has 7 nitrogen and oxygen atoms in total. The van der Waals surface area contributed by atoms with E-state index in [9.17, 15) is 14.0 Å². The molecule has 0 aliphatic carbocycles. The maximum Gasteiger partial charge on any atom is 0.262 e. The molecule has 0 aliphatic heterocycles. The Labute approximate surface area is 241 Å². The first-order valence-corrected chi connectivity index (χ1v) is 13.3. The summed E-state index contributed by atoms with van der Waals surface area (Å²) in [7, 11) is 0. The average molecular weight is 724 g/mol. The molecule has 190 valence electrons. The van der Waals surface area contributed by atoms with Crippen molar-refractivity contribution in [2.75, 3.05) is 0 Å². The van der Waals surface area contributed by atoms with Crippen molar-refractivity contribution in [3.8, 4) is 11.8 Å². The number of amides is 2. The van der Waals surface area contributed by atoms with Gasteiger partial charge in [-0.25, -0.2) is 9.82 Å². The van der Waals surface area contributed by atoms with Gasteiger partial charge in [0.1, 0.15) is 24.2 Å². The summed E-state index contributed by atoms with van der Waals surface area (Å²) in [6, 6.07) is 17.3. The third-order valence-electron chi connectivity index (χ3n) is 5.22. The van der Waals surface area contributed by atoms with Crippen LogP contribution in [0.2, 0.25) is 0 Å². The highest BCUT2D eigenvalue weighted by atomic mass is 127. The minimum atomic E-state index is -0.826. The van der Waals surface area contributed by atoms with Crippen molar-refractivity contribution in [1.29, 1.82) is 5.26 Å². The third kappa shape index (κ3) is 8.22. The average Bonchev–Trinajstić information content (AvgIpc) is 2.87. The summed E-state index contributed by atoms with van der Waals surface area (Å²) in [4.78, 5) is 25.2. The molecule has 0 saturated carbocycles. The van der Waals surface area contributed by atoms with E-state index < -0.39 is 23.7 Å². The molecule has 10 heteroatoms. The van der Waals surface area contributed by atoms with Crippen LogP contribution in [0.1, 0.15) is 40.9 Å². The predicted octanol–water partition coefficient (Wildman–Crippen LogP) is 5.39. The molecular weight excluding hydrogens is 701 g/mol. The van der Waals surface area contributed by atoms with E-state index in [-0.39, 0.29) is 11.5 Å². The monoisotopic (exact) mass is 724 g/mol. The highest BCUT2D eigenvalue weighted by Crippen LogP contribution is 2.29. The van der Waals surface area contributed by atoms with Crippen molar-refractivity contribution in [3.05, 3.63) is 95.9 Å². The van der Waals surface area contributed by atoms with Crippen LogP contribution in [0.4, 0.5) is 4.39 Å². The summed E-state index contributed by atoms with van der Waals surface area (Å²) in [5.74, 6) is -0.851. The largest absolute Gasteiger partial charge is 0.487 e. The van der Waals surface area contributed by atoms with Gasteiger partial charge in [0.05, 0.1) is 25.0 Å². The number of carbonyl (C=O) groups is 2. The Morgan fingerprint density at radius 3 is 2.27 bits per heavy atom. The molecule has 0 heterocycles. The van der Waals surface area contributed by atoms with Gasteiger partial charge < -0.3 is 10.1 Å². The zero-order valence-electron chi connectivity index (χ0n) is 20.0. The Kier molecular flexibility index (Phi) is 10.4. The summed E-state index contributed by atoms with van der Waals surface area (Å²) in [6.45, 7) is 3.97. The molecule has 0 saturated heterocycles. The fourth-order valence-electron chi connectivity index (χ4n) is 3.22. The van der Waals surface area contributed by atoms with E-state index in [0.29, 0.717) is 12.2 Å². The molecule has 3 aromatic rings. The molecule has 1 unspecified atom stereocenters. The molecule has 3 rings (SSSR count). The molecule has 1 atom stereocenters. The van der Waals surface area contributed by atoms with Crippen LogP contribution in [0.15, 0.2) is 65.8 Å². The Morgan fingerprint density at radius 1 is 1.08 bits per heavy atom. The summed E-state index contributed by atoms with van der Waals surface area (Å²) in [5, 5.41) is 15.7. The lowest BCUT2D eigenvalue weighted by Gasteiger charge is -2.20. The molecule has 0 aliphatic rings. The molecule has 0 spiro atoms. The van der Waals surface area contributed by atoms with Gasteiger partial charge in [-0.05, 0) is 111 Å². The van der Waals surface area contributed by atoms with Crippen LogP contribution in [0.3, 0.4) is 0 Å². The fraction of sp³-hybridized carbons (Fsp3) is 0.185. The molecule has 37 heavy (non-hydrogen) atoms. The maximum absolute atomic E-state index is 13.1. The minimum absolute atomic E-state index is 0.200. The van der Waals surface area contributed by atoms with Crippen molar-refractivity contribution in [3.63, 3.8) is 0 Å². The zero-order chi connectivity index (χ0) is 26.9. The van der Waals surface area contributed by atoms with Crippen LogP contribution in [-0.4, -0.2) is 24.1 Å².